The largest absolute Gasteiger partial charge is 0.496 e. The molecule has 0 bridgehead atoms. The lowest BCUT2D eigenvalue weighted by Crippen LogP contribution is -2.32. The predicted molar refractivity (Wildman–Crippen MR) is 65.3 cm³/mol. The number of nitrogens with two attached hydrogens (primary N) is 1. The zero-order valence-electron chi connectivity index (χ0n) is 9.14. The standard InChI is InChI=1S/C11H12BrNO4/c1-17-10-3-2-6(12)4-7(10)9(14)5-8(13)11(15)16/h2-4,8H,5,13H2,1H3,(H,15,16). The van der Waals surface area contributed by atoms with E-state index < -0.39 is 12.0 Å². The van der Waals surface area contributed by atoms with Crippen molar-refractivity contribution >= 4 is 27.7 Å². The molecular weight excluding hydrogens is 290 g/mol. The highest BCUT2D eigenvalue weighted by Crippen LogP contribution is 2.24. The van der Waals surface area contributed by atoms with Crippen molar-refractivity contribution in [3.63, 3.8) is 0 Å². The van der Waals surface area contributed by atoms with Crippen LogP contribution in [0.25, 0.3) is 0 Å². The van der Waals surface area contributed by atoms with Crippen LogP contribution in [-0.4, -0.2) is 30.0 Å². The van der Waals surface area contributed by atoms with Crippen molar-refractivity contribution in [3.05, 3.63) is 28.2 Å². The normalized spacial score (nSPS) is 11.9. The maximum absolute atomic E-state index is 11.8. The second-order valence-corrected chi connectivity index (χ2v) is 4.33. The highest BCUT2D eigenvalue weighted by atomic mass is 79.9. The molecule has 92 valence electrons. The van der Waals surface area contributed by atoms with Gasteiger partial charge in [0.05, 0.1) is 12.7 Å². The van der Waals surface area contributed by atoms with Gasteiger partial charge < -0.3 is 15.6 Å². The van der Waals surface area contributed by atoms with E-state index in [2.05, 4.69) is 15.9 Å². The Kier molecular flexibility index (Phi) is 4.65. The molecule has 0 aliphatic rings. The number of aliphatic carboxylic acids is 1. The van der Waals surface area contributed by atoms with Gasteiger partial charge in [-0.2, -0.15) is 0 Å². The number of rotatable bonds is 5. The van der Waals surface area contributed by atoms with Crippen molar-refractivity contribution in [2.75, 3.05) is 7.11 Å². The van der Waals surface area contributed by atoms with E-state index in [1.807, 2.05) is 0 Å². The van der Waals surface area contributed by atoms with Gasteiger partial charge in [0.25, 0.3) is 0 Å². The summed E-state index contributed by atoms with van der Waals surface area (Å²) in [6.45, 7) is 0. The van der Waals surface area contributed by atoms with E-state index in [1.165, 1.54) is 7.11 Å². The Hall–Kier alpha value is -1.40. The number of carboxylic acid groups (broad SMARTS) is 1. The quantitative estimate of drug-likeness (QED) is 0.803. The molecule has 0 fully saturated rings. The lowest BCUT2D eigenvalue weighted by Gasteiger charge is -2.09. The number of halogens is 1. The van der Waals surface area contributed by atoms with E-state index in [9.17, 15) is 9.59 Å². The third-order valence-electron chi connectivity index (χ3n) is 2.18. The van der Waals surface area contributed by atoms with Crippen molar-refractivity contribution in [1.82, 2.24) is 0 Å². The van der Waals surface area contributed by atoms with Gasteiger partial charge in [-0.15, -0.1) is 0 Å². The first-order valence-electron chi connectivity index (χ1n) is 4.81. The molecule has 17 heavy (non-hydrogen) atoms. The number of ether oxygens (including phenoxy) is 1. The van der Waals surface area contributed by atoms with Crippen LogP contribution in [-0.2, 0) is 4.79 Å². The highest BCUT2D eigenvalue weighted by molar-refractivity contribution is 9.10. The number of hydrogen-bond donors (Lipinski definition) is 2. The fraction of sp³-hybridized carbons (Fsp3) is 0.273. The number of benzene rings is 1. The average Bonchev–Trinajstić information content (AvgIpc) is 2.28. The highest BCUT2D eigenvalue weighted by Gasteiger charge is 2.20. The molecular formula is C11H12BrNO4. The molecule has 0 saturated carbocycles. The summed E-state index contributed by atoms with van der Waals surface area (Å²) in [5, 5.41) is 8.64. The molecule has 0 amide bonds. The Morgan fingerprint density at radius 3 is 2.71 bits per heavy atom. The van der Waals surface area contributed by atoms with Gasteiger partial charge in [-0.05, 0) is 18.2 Å². The van der Waals surface area contributed by atoms with Crippen molar-refractivity contribution in [2.45, 2.75) is 12.5 Å². The van der Waals surface area contributed by atoms with Crippen molar-refractivity contribution < 1.29 is 19.4 Å². The Balaban J connectivity index is 2.95. The predicted octanol–water partition coefficient (Wildman–Crippen LogP) is 1.44. The van der Waals surface area contributed by atoms with Crippen LogP contribution in [0.3, 0.4) is 0 Å². The minimum atomic E-state index is -1.20. The first-order valence-corrected chi connectivity index (χ1v) is 5.60. The topological polar surface area (TPSA) is 89.6 Å². The molecule has 0 radical (unpaired) electrons. The summed E-state index contributed by atoms with van der Waals surface area (Å²) in [5.74, 6) is -1.17. The van der Waals surface area contributed by atoms with E-state index in [1.54, 1.807) is 18.2 Å². The van der Waals surface area contributed by atoms with Crippen LogP contribution < -0.4 is 10.5 Å². The molecule has 0 spiro atoms. The second kappa shape index (κ2) is 5.79. The Labute approximate surface area is 107 Å². The number of Topliss-reactive ketones (excluding diaryl/α,β-unsaturated/α-hetero) is 1. The molecule has 5 nitrogen and oxygen atoms in total. The van der Waals surface area contributed by atoms with E-state index in [0.29, 0.717) is 15.8 Å². The van der Waals surface area contributed by atoms with Gasteiger partial charge in [-0.1, -0.05) is 15.9 Å². The Bertz CT molecular complexity index is 447. The van der Waals surface area contributed by atoms with Crippen molar-refractivity contribution in [2.24, 2.45) is 5.73 Å². The van der Waals surface area contributed by atoms with E-state index in [4.69, 9.17) is 15.6 Å². The molecule has 0 saturated heterocycles. The summed E-state index contributed by atoms with van der Waals surface area (Å²) in [5.41, 5.74) is 5.63. The molecule has 1 aromatic rings. The third kappa shape index (κ3) is 3.54. The van der Waals surface area contributed by atoms with Gasteiger partial charge in [0.1, 0.15) is 11.8 Å². The van der Waals surface area contributed by atoms with Crippen LogP contribution in [0.2, 0.25) is 0 Å². The number of ketones is 1. The van der Waals surface area contributed by atoms with E-state index >= 15 is 0 Å². The maximum atomic E-state index is 11.8. The van der Waals surface area contributed by atoms with E-state index in [0.717, 1.165) is 0 Å². The van der Waals surface area contributed by atoms with Crippen LogP contribution in [0.15, 0.2) is 22.7 Å². The van der Waals surface area contributed by atoms with Gasteiger partial charge in [-0.3, -0.25) is 9.59 Å². The molecule has 0 heterocycles. The summed E-state index contributed by atoms with van der Waals surface area (Å²) in [6, 6.07) is 3.73. The van der Waals surface area contributed by atoms with Gasteiger partial charge in [-0.25, -0.2) is 0 Å². The lowest BCUT2D eigenvalue weighted by atomic mass is 10.0. The number of methoxy groups -OCH3 is 1. The summed E-state index contributed by atoms with van der Waals surface area (Å²) in [4.78, 5) is 22.4. The average molecular weight is 302 g/mol. The van der Waals surface area contributed by atoms with Crippen molar-refractivity contribution in [1.29, 1.82) is 0 Å². The van der Waals surface area contributed by atoms with Crippen LogP contribution in [0.4, 0.5) is 0 Å². The second-order valence-electron chi connectivity index (χ2n) is 3.42. The van der Waals surface area contributed by atoms with Crippen molar-refractivity contribution in [3.8, 4) is 5.75 Å². The summed E-state index contributed by atoms with van der Waals surface area (Å²) in [7, 11) is 1.44. The van der Waals surface area contributed by atoms with Crippen LogP contribution in [0, 0.1) is 0 Å². The molecule has 1 rings (SSSR count). The van der Waals surface area contributed by atoms with Gasteiger partial charge in [0.15, 0.2) is 5.78 Å². The zero-order chi connectivity index (χ0) is 13.0. The number of carbonyl (C=O) groups excluding carboxylic acids is 1. The van der Waals surface area contributed by atoms with Crippen LogP contribution in [0.1, 0.15) is 16.8 Å². The number of hydrogen-bond acceptors (Lipinski definition) is 4. The van der Waals surface area contributed by atoms with Gasteiger partial charge in [0.2, 0.25) is 0 Å². The summed E-state index contributed by atoms with van der Waals surface area (Å²) in [6.07, 6.45) is -0.262. The molecule has 6 heteroatoms. The fourth-order valence-electron chi connectivity index (χ4n) is 1.30. The van der Waals surface area contributed by atoms with E-state index in [-0.39, 0.29) is 12.2 Å². The minimum absolute atomic E-state index is 0.262. The minimum Gasteiger partial charge on any atom is -0.496 e. The van der Waals surface area contributed by atoms with Gasteiger partial charge in [0, 0.05) is 10.9 Å². The first-order chi connectivity index (χ1) is 7.95. The molecule has 0 aliphatic carbocycles. The molecule has 0 aromatic heterocycles. The molecule has 3 N–H and O–H groups in total. The monoisotopic (exact) mass is 301 g/mol. The maximum Gasteiger partial charge on any atom is 0.320 e. The number of carbonyl (C=O) groups is 2. The summed E-state index contributed by atoms with van der Waals surface area (Å²) >= 11 is 3.23. The third-order valence-corrected chi connectivity index (χ3v) is 2.68. The van der Waals surface area contributed by atoms with Crippen LogP contribution in [0.5, 0.6) is 5.75 Å². The Morgan fingerprint density at radius 1 is 1.53 bits per heavy atom. The number of carboxylic acids is 1. The lowest BCUT2D eigenvalue weighted by molar-refractivity contribution is -0.138. The molecule has 1 aromatic carbocycles. The first kappa shape index (κ1) is 13.7. The fourth-order valence-corrected chi connectivity index (χ4v) is 1.66. The Morgan fingerprint density at radius 2 is 2.18 bits per heavy atom. The zero-order valence-corrected chi connectivity index (χ0v) is 10.7. The van der Waals surface area contributed by atoms with Crippen LogP contribution >= 0.6 is 15.9 Å². The van der Waals surface area contributed by atoms with Gasteiger partial charge >= 0.3 is 5.97 Å². The SMILES string of the molecule is COc1ccc(Br)cc1C(=O)CC(N)C(=O)O. The molecule has 1 unspecified atom stereocenters. The smallest absolute Gasteiger partial charge is 0.320 e. The molecule has 0 aliphatic heterocycles. The summed E-state index contributed by atoms with van der Waals surface area (Å²) < 4.78 is 5.75. The molecule has 1 atom stereocenters.